The molecule has 128 valence electrons. The summed E-state index contributed by atoms with van der Waals surface area (Å²) in [5.74, 6) is -2.98. The topological polar surface area (TPSA) is 77.5 Å². The van der Waals surface area contributed by atoms with E-state index in [1.807, 2.05) is 0 Å². The van der Waals surface area contributed by atoms with Crippen molar-refractivity contribution in [3.63, 3.8) is 0 Å². The van der Waals surface area contributed by atoms with Gasteiger partial charge in [0.1, 0.15) is 5.82 Å². The zero-order valence-electron chi connectivity index (χ0n) is 12.6. The fourth-order valence-electron chi connectivity index (χ4n) is 2.48. The minimum Gasteiger partial charge on any atom is -0.545 e. The quantitative estimate of drug-likeness (QED) is 0.763. The summed E-state index contributed by atoms with van der Waals surface area (Å²) in [6, 6.07) is 9.66. The van der Waals surface area contributed by atoms with Crippen LogP contribution in [0.3, 0.4) is 0 Å². The zero-order chi connectivity index (χ0) is 18.1. The number of carboxylic acids is 1. The maximum Gasteiger partial charge on any atom is 0.247 e. The second kappa shape index (κ2) is 6.85. The molecule has 0 radical (unpaired) electrons. The molecule has 1 heterocycles. The molecule has 1 aliphatic rings. The van der Waals surface area contributed by atoms with Crippen LogP contribution in [-0.4, -0.2) is 23.0 Å². The van der Waals surface area contributed by atoms with Gasteiger partial charge in [-0.05, 0) is 24.3 Å². The molecule has 1 atom stereocenters. The second-order valence-corrected chi connectivity index (χ2v) is 6.91. The van der Waals surface area contributed by atoms with E-state index in [-0.39, 0.29) is 22.7 Å². The van der Waals surface area contributed by atoms with Gasteiger partial charge in [-0.3, -0.25) is 9.59 Å². The van der Waals surface area contributed by atoms with Gasteiger partial charge in [0.15, 0.2) is 0 Å². The lowest BCUT2D eigenvalue weighted by Gasteiger charge is -2.16. The summed E-state index contributed by atoms with van der Waals surface area (Å²) < 4.78 is 13.3. The van der Waals surface area contributed by atoms with Crippen molar-refractivity contribution in [2.75, 3.05) is 4.90 Å². The molecule has 0 aromatic heterocycles. The van der Waals surface area contributed by atoms with Crippen LogP contribution in [-0.2, 0) is 9.59 Å². The molecule has 0 bridgehead atoms. The highest BCUT2D eigenvalue weighted by Crippen LogP contribution is 2.36. The number of anilines is 1. The summed E-state index contributed by atoms with van der Waals surface area (Å²) in [4.78, 5) is 37.2. The molecule has 5 nitrogen and oxygen atoms in total. The first-order chi connectivity index (χ1) is 11.9. The van der Waals surface area contributed by atoms with Crippen molar-refractivity contribution < 1.29 is 23.9 Å². The van der Waals surface area contributed by atoms with E-state index < -0.39 is 28.9 Å². The van der Waals surface area contributed by atoms with Crippen molar-refractivity contribution in [1.29, 1.82) is 0 Å². The van der Waals surface area contributed by atoms with Crippen molar-refractivity contribution in [3.8, 4) is 0 Å². The molecule has 0 unspecified atom stereocenters. The van der Waals surface area contributed by atoms with E-state index >= 15 is 0 Å². The van der Waals surface area contributed by atoms with Gasteiger partial charge in [0, 0.05) is 16.9 Å². The number of carbonyl (C=O) groups excluding carboxylic acids is 3. The van der Waals surface area contributed by atoms with Crippen molar-refractivity contribution in [1.82, 2.24) is 0 Å². The minimum atomic E-state index is -1.36. The largest absolute Gasteiger partial charge is 0.545 e. The number of amides is 2. The standard InChI is InChI=1S/C17H11ClFNO4S/c18-11-7-9(5-6-12(11)19)20-15(21)8-14(16(20)22)25-13-4-2-1-3-10(13)17(23)24/h1-7,14H,8H2,(H,23,24)/p-1/t14-/m0/s1. The number of benzene rings is 2. The highest BCUT2D eigenvalue weighted by Gasteiger charge is 2.40. The van der Waals surface area contributed by atoms with Crippen LogP contribution >= 0.6 is 23.4 Å². The Balaban J connectivity index is 1.87. The average Bonchev–Trinajstić information content (AvgIpc) is 2.84. The number of imide groups is 1. The first kappa shape index (κ1) is 17.4. The predicted octanol–water partition coefficient (Wildman–Crippen LogP) is 2.27. The van der Waals surface area contributed by atoms with Gasteiger partial charge in [0.2, 0.25) is 11.8 Å². The molecular formula is C17H10ClFNO4S-. The Bertz CT molecular complexity index is 889. The van der Waals surface area contributed by atoms with E-state index in [4.69, 9.17) is 11.6 Å². The Morgan fingerprint density at radius 2 is 1.96 bits per heavy atom. The van der Waals surface area contributed by atoms with Crippen molar-refractivity contribution in [2.45, 2.75) is 16.6 Å². The van der Waals surface area contributed by atoms with Gasteiger partial charge in [-0.2, -0.15) is 0 Å². The van der Waals surface area contributed by atoms with Gasteiger partial charge in [0.05, 0.1) is 21.9 Å². The lowest BCUT2D eigenvalue weighted by atomic mass is 10.2. The number of hydrogen-bond acceptors (Lipinski definition) is 5. The van der Waals surface area contributed by atoms with Gasteiger partial charge >= 0.3 is 0 Å². The number of thioether (sulfide) groups is 1. The molecule has 1 fully saturated rings. The molecule has 0 N–H and O–H groups in total. The van der Waals surface area contributed by atoms with Crippen LogP contribution in [0.5, 0.6) is 0 Å². The smallest absolute Gasteiger partial charge is 0.247 e. The lowest BCUT2D eigenvalue weighted by molar-refractivity contribution is -0.255. The maximum atomic E-state index is 13.3. The zero-order valence-corrected chi connectivity index (χ0v) is 14.1. The van der Waals surface area contributed by atoms with E-state index in [1.54, 1.807) is 18.2 Å². The third-order valence-corrected chi connectivity index (χ3v) is 5.20. The Morgan fingerprint density at radius 1 is 1.24 bits per heavy atom. The Morgan fingerprint density at radius 3 is 2.64 bits per heavy atom. The molecule has 2 amide bonds. The normalized spacial score (nSPS) is 17.2. The van der Waals surface area contributed by atoms with Gasteiger partial charge in [-0.1, -0.05) is 29.8 Å². The lowest BCUT2D eigenvalue weighted by Crippen LogP contribution is -2.31. The van der Waals surface area contributed by atoms with E-state index in [2.05, 4.69) is 0 Å². The molecule has 0 saturated carbocycles. The van der Waals surface area contributed by atoms with Gasteiger partial charge < -0.3 is 9.90 Å². The SMILES string of the molecule is O=C([O-])c1ccccc1S[C@H]1CC(=O)N(c2ccc(F)c(Cl)c2)C1=O. The summed E-state index contributed by atoms with van der Waals surface area (Å²) in [6.07, 6.45) is -0.0973. The Labute approximate surface area is 151 Å². The van der Waals surface area contributed by atoms with E-state index in [9.17, 15) is 23.9 Å². The number of carbonyl (C=O) groups is 3. The van der Waals surface area contributed by atoms with Gasteiger partial charge in [0.25, 0.3) is 0 Å². The fourth-order valence-corrected chi connectivity index (χ4v) is 3.83. The molecular weight excluding hydrogens is 369 g/mol. The maximum absolute atomic E-state index is 13.3. The van der Waals surface area contributed by atoms with Crippen LogP contribution in [0.4, 0.5) is 10.1 Å². The number of hydrogen-bond donors (Lipinski definition) is 0. The van der Waals surface area contributed by atoms with Crippen molar-refractivity contribution in [3.05, 3.63) is 58.9 Å². The summed E-state index contributed by atoms with van der Waals surface area (Å²) in [5.41, 5.74) is 0.133. The molecule has 25 heavy (non-hydrogen) atoms. The van der Waals surface area contributed by atoms with E-state index in [1.165, 1.54) is 18.2 Å². The summed E-state index contributed by atoms with van der Waals surface area (Å²) in [7, 11) is 0. The third kappa shape index (κ3) is 3.38. The number of rotatable bonds is 4. The highest BCUT2D eigenvalue weighted by molar-refractivity contribution is 8.00. The molecule has 1 aliphatic heterocycles. The first-order valence-electron chi connectivity index (χ1n) is 7.17. The molecule has 2 aromatic rings. The molecule has 1 saturated heterocycles. The highest BCUT2D eigenvalue weighted by atomic mass is 35.5. The van der Waals surface area contributed by atoms with Gasteiger partial charge in [-0.25, -0.2) is 9.29 Å². The summed E-state index contributed by atoms with van der Waals surface area (Å²) in [6.45, 7) is 0. The summed E-state index contributed by atoms with van der Waals surface area (Å²) in [5, 5.41) is 10.2. The molecule has 0 aliphatic carbocycles. The predicted molar refractivity (Wildman–Crippen MR) is 88.9 cm³/mol. The number of carboxylic acid groups (broad SMARTS) is 1. The van der Waals surface area contributed by atoms with E-state index in [0.29, 0.717) is 4.90 Å². The van der Waals surface area contributed by atoms with E-state index in [0.717, 1.165) is 22.7 Å². The molecule has 0 spiro atoms. The van der Waals surface area contributed by atoms with Crippen molar-refractivity contribution >= 4 is 46.8 Å². The van der Waals surface area contributed by atoms with Crippen LogP contribution < -0.4 is 10.0 Å². The third-order valence-electron chi connectivity index (χ3n) is 3.64. The molecule has 3 rings (SSSR count). The van der Waals surface area contributed by atoms with Crippen molar-refractivity contribution in [2.24, 2.45) is 0 Å². The summed E-state index contributed by atoms with van der Waals surface area (Å²) >= 11 is 6.69. The van der Waals surface area contributed by atoms with Crippen LogP contribution in [0, 0.1) is 5.82 Å². The second-order valence-electron chi connectivity index (χ2n) is 5.26. The Kier molecular flexibility index (Phi) is 4.78. The number of halogens is 2. The van der Waals surface area contributed by atoms with Crippen LogP contribution in [0.1, 0.15) is 16.8 Å². The Hall–Kier alpha value is -2.38. The van der Waals surface area contributed by atoms with Crippen LogP contribution in [0.25, 0.3) is 0 Å². The number of aromatic carboxylic acids is 1. The van der Waals surface area contributed by atoms with Gasteiger partial charge in [-0.15, -0.1) is 11.8 Å². The van der Waals surface area contributed by atoms with Crippen LogP contribution in [0.2, 0.25) is 5.02 Å². The first-order valence-corrected chi connectivity index (χ1v) is 8.43. The molecule has 8 heteroatoms. The monoisotopic (exact) mass is 378 g/mol. The molecule has 2 aromatic carbocycles. The average molecular weight is 379 g/mol. The minimum absolute atomic E-state index is 0.0453. The fraction of sp³-hybridized carbons (Fsp3) is 0.118. The van der Waals surface area contributed by atoms with Crippen LogP contribution in [0.15, 0.2) is 47.4 Å². The number of nitrogens with zero attached hydrogens (tertiary/aromatic N) is 1.